The summed E-state index contributed by atoms with van der Waals surface area (Å²) in [4.78, 5) is 18.7. The molecule has 0 atom stereocenters. The first-order chi connectivity index (χ1) is 11.2. The van der Waals surface area contributed by atoms with E-state index < -0.39 is 0 Å². The Labute approximate surface area is 146 Å². The second kappa shape index (κ2) is 7.10. The molecule has 1 amide bonds. The smallest absolute Gasteiger partial charge is 0.266 e. The van der Waals surface area contributed by atoms with E-state index in [1.54, 1.807) is 4.90 Å². The largest absolute Gasteiger partial charge is 0.484 e. The van der Waals surface area contributed by atoms with E-state index in [9.17, 15) is 4.79 Å². The lowest BCUT2D eigenvalue weighted by atomic mass is 10.3. The van der Waals surface area contributed by atoms with E-state index in [0.29, 0.717) is 17.4 Å². The lowest BCUT2D eigenvalue weighted by Crippen LogP contribution is -2.34. The summed E-state index contributed by atoms with van der Waals surface area (Å²) in [6.07, 6.45) is 0. The summed E-state index contributed by atoms with van der Waals surface area (Å²) in [7, 11) is 0. The molecule has 0 spiro atoms. The van der Waals surface area contributed by atoms with Crippen molar-refractivity contribution in [2.75, 3.05) is 18.1 Å². The first kappa shape index (κ1) is 16.0. The lowest BCUT2D eigenvalue weighted by molar-refractivity contribution is -0.120. The number of likely N-dealkylation sites (N-methyl/N-ethyl adjacent to an activating group) is 1. The third kappa shape index (κ3) is 3.71. The summed E-state index contributed by atoms with van der Waals surface area (Å²) in [5, 5.41) is 0.705. The van der Waals surface area contributed by atoms with E-state index in [-0.39, 0.29) is 12.5 Å². The number of fused-ring (bicyclic) bond motifs is 1. The van der Waals surface area contributed by atoms with Crippen LogP contribution in [0.15, 0.2) is 53.0 Å². The molecule has 118 valence electrons. The number of benzene rings is 2. The normalized spacial score (nSPS) is 10.7. The molecular formula is C17H15BrN2O2S. The van der Waals surface area contributed by atoms with Gasteiger partial charge in [0.1, 0.15) is 5.75 Å². The van der Waals surface area contributed by atoms with Gasteiger partial charge in [-0.2, -0.15) is 0 Å². The Bertz CT molecular complexity index is 801. The number of carbonyl (C=O) groups excluding carboxylic acids is 1. The van der Waals surface area contributed by atoms with Gasteiger partial charge < -0.3 is 4.74 Å². The van der Waals surface area contributed by atoms with Crippen LogP contribution in [0, 0.1) is 0 Å². The fourth-order valence-corrected chi connectivity index (χ4v) is 3.60. The molecule has 23 heavy (non-hydrogen) atoms. The maximum atomic E-state index is 12.5. The Hall–Kier alpha value is -1.92. The molecule has 0 saturated carbocycles. The summed E-state index contributed by atoms with van der Waals surface area (Å²) < 4.78 is 7.57. The molecule has 6 heteroatoms. The number of amides is 1. The first-order valence-electron chi connectivity index (χ1n) is 7.21. The van der Waals surface area contributed by atoms with E-state index in [1.807, 2.05) is 55.5 Å². The Kier molecular flexibility index (Phi) is 4.93. The fourth-order valence-electron chi connectivity index (χ4n) is 2.17. The minimum Gasteiger partial charge on any atom is -0.484 e. The highest BCUT2D eigenvalue weighted by Crippen LogP contribution is 2.28. The zero-order chi connectivity index (χ0) is 16.2. The molecule has 0 saturated heterocycles. The van der Waals surface area contributed by atoms with Crippen LogP contribution in [0.2, 0.25) is 0 Å². The number of hydrogen-bond acceptors (Lipinski definition) is 4. The van der Waals surface area contributed by atoms with Gasteiger partial charge in [-0.05, 0) is 37.3 Å². The summed E-state index contributed by atoms with van der Waals surface area (Å²) >= 11 is 4.90. The summed E-state index contributed by atoms with van der Waals surface area (Å²) in [5.41, 5.74) is 0.909. The van der Waals surface area contributed by atoms with Crippen LogP contribution in [0.5, 0.6) is 5.75 Å². The molecule has 0 aliphatic carbocycles. The molecule has 0 aliphatic heterocycles. The number of rotatable bonds is 5. The Morgan fingerprint density at radius 2 is 2.09 bits per heavy atom. The van der Waals surface area contributed by atoms with Crippen molar-refractivity contribution in [3.8, 4) is 5.75 Å². The quantitative estimate of drug-likeness (QED) is 0.644. The number of aromatic nitrogens is 1. The van der Waals surface area contributed by atoms with Gasteiger partial charge in [-0.1, -0.05) is 45.5 Å². The average molecular weight is 391 g/mol. The van der Waals surface area contributed by atoms with Crippen molar-refractivity contribution in [1.29, 1.82) is 0 Å². The minimum absolute atomic E-state index is 0.0137. The Balaban J connectivity index is 1.73. The Morgan fingerprint density at radius 1 is 1.26 bits per heavy atom. The van der Waals surface area contributed by atoms with Crippen molar-refractivity contribution in [3.05, 3.63) is 53.0 Å². The molecule has 0 fully saturated rings. The molecule has 4 nitrogen and oxygen atoms in total. The topological polar surface area (TPSA) is 42.4 Å². The fraction of sp³-hybridized carbons (Fsp3) is 0.176. The average Bonchev–Trinajstić information content (AvgIpc) is 2.97. The van der Waals surface area contributed by atoms with Crippen LogP contribution in [0.25, 0.3) is 10.2 Å². The van der Waals surface area contributed by atoms with Crippen LogP contribution >= 0.6 is 27.3 Å². The standard InChI is InChI=1S/C17H15BrN2O2S/c1-2-20(17-19-14-8-3-4-9-15(14)23-17)16(21)11-22-13-7-5-6-12(18)10-13/h3-10H,2,11H2,1H3. The van der Waals surface area contributed by atoms with Crippen molar-refractivity contribution < 1.29 is 9.53 Å². The maximum absolute atomic E-state index is 12.5. The van der Waals surface area contributed by atoms with Gasteiger partial charge >= 0.3 is 0 Å². The molecule has 1 aromatic heterocycles. The van der Waals surface area contributed by atoms with E-state index in [2.05, 4.69) is 20.9 Å². The molecule has 3 aromatic rings. The summed E-state index contributed by atoms with van der Waals surface area (Å²) in [5.74, 6) is 0.555. The molecule has 0 bridgehead atoms. The predicted molar refractivity (Wildman–Crippen MR) is 97.3 cm³/mol. The van der Waals surface area contributed by atoms with Gasteiger partial charge in [0.05, 0.1) is 10.2 Å². The highest BCUT2D eigenvalue weighted by Gasteiger charge is 2.18. The Morgan fingerprint density at radius 3 is 2.83 bits per heavy atom. The molecule has 3 rings (SSSR count). The maximum Gasteiger partial charge on any atom is 0.266 e. The zero-order valence-corrected chi connectivity index (χ0v) is 14.9. The van der Waals surface area contributed by atoms with Crippen LogP contribution in [-0.4, -0.2) is 24.0 Å². The number of halogens is 1. The molecule has 1 heterocycles. The van der Waals surface area contributed by atoms with E-state index in [0.717, 1.165) is 14.7 Å². The second-order valence-electron chi connectivity index (χ2n) is 4.85. The molecule has 0 unspecified atom stereocenters. The molecule has 0 aliphatic rings. The molecular weight excluding hydrogens is 376 g/mol. The van der Waals surface area contributed by atoms with Gasteiger partial charge in [-0.15, -0.1) is 0 Å². The second-order valence-corrected chi connectivity index (χ2v) is 6.77. The zero-order valence-electron chi connectivity index (χ0n) is 12.5. The number of thiazole rings is 1. The highest BCUT2D eigenvalue weighted by atomic mass is 79.9. The van der Waals surface area contributed by atoms with Crippen LogP contribution in [-0.2, 0) is 4.79 Å². The third-order valence-electron chi connectivity index (χ3n) is 3.29. The van der Waals surface area contributed by atoms with Crippen molar-refractivity contribution >= 4 is 48.5 Å². The SMILES string of the molecule is CCN(C(=O)COc1cccc(Br)c1)c1nc2ccccc2s1. The highest BCUT2D eigenvalue weighted by molar-refractivity contribution is 9.10. The molecule has 0 N–H and O–H groups in total. The van der Waals surface area contributed by atoms with Crippen LogP contribution in [0.4, 0.5) is 5.13 Å². The number of hydrogen-bond donors (Lipinski definition) is 0. The predicted octanol–water partition coefficient (Wildman–Crippen LogP) is 4.49. The van der Waals surface area contributed by atoms with Crippen LogP contribution in [0.1, 0.15) is 6.92 Å². The van der Waals surface area contributed by atoms with Gasteiger partial charge in [-0.3, -0.25) is 9.69 Å². The molecule has 0 radical (unpaired) electrons. The van der Waals surface area contributed by atoms with Crippen molar-refractivity contribution in [2.24, 2.45) is 0 Å². The van der Waals surface area contributed by atoms with Crippen molar-refractivity contribution in [2.45, 2.75) is 6.92 Å². The van der Waals surface area contributed by atoms with Crippen LogP contribution in [0.3, 0.4) is 0 Å². The third-order valence-corrected chi connectivity index (χ3v) is 4.84. The number of anilines is 1. The number of para-hydroxylation sites is 1. The number of carbonyl (C=O) groups is 1. The van der Waals surface area contributed by atoms with Gasteiger partial charge in [0.2, 0.25) is 0 Å². The minimum atomic E-state index is -0.105. The number of ether oxygens (including phenoxy) is 1. The first-order valence-corrected chi connectivity index (χ1v) is 8.82. The van der Waals surface area contributed by atoms with Crippen molar-refractivity contribution in [1.82, 2.24) is 4.98 Å². The number of nitrogens with zero attached hydrogens (tertiary/aromatic N) is 2. The van der Waals surface area contributed by atoms with E-state index >= 15 is 0 Å². The monoisotopic (exact) mass is 390 g/mol. The summed E-state index contributed by atoms with van der Waals surface area (Å²) in [6, 6.07) is 15.3. The molecule has 2 aromatic carbocycles. The van der Waals surface area contributed by atoms with Gasteiger partial charge in [0.15, 0.2) is 11.7 Å². The van der Waals surface area contributed by atoms with Gasteiger partial charge in [0.25, 0.3) is 5.91 Å². The summed E-state index contributed by atoms with van der Waals surface area (Å²) in [6.45, 7) is 2.48. The van der Waals surface area contributed by atoms with Crippen molar-refractivity contribution in [3.63, 3.8) is 0 Å². The van der Waals surface area contributed by atoms with E-state index in [1.165, 1.54) is 11.3 Å². The lowest BCUT2D eigenvalue weighted by Gasteiger charge is -2.17. The van der Waals surface area contributed by atoms with Crippen LogP contribution < -0.4 is 9.64 Å². The van der Waals surface area contributed by atoms with E-state index in [4.69, 9.17) is 4.74 Å². The van der Waals surface area contributed by atoms with Gasteiger partial charge in [-0.25, -0.2) is 4.98 Å². The van der Waals surface area contributed by atoms with Gasteiger partial charge in [0, 0.05) is 11.0 Å².